The van der Waals surface area contributed by atoms with Crippen LogP contribution < -0.4 is 5.32 Å². The highest BCUT2D eigenvalue weighted by molar-refractivity contribution is 7.98. The summed E-state index contributed by atoms with van der Waals surface area (Å²) in [6.45, 7) is 3.60. The molecule has 1 heterocycles. The number of aliphatic carboxylic acids is 1. The molecule has 110 valence electrons. The minimum Gasteiger partial charge on any atom is -0.481 e. The maximum atomic E-state index is 12.0. The molecule has 19 heavy (non-hydrogen) atoms. The summed E-state index contributed by atoms with van der Waals surface area (Å²) in [5, 5.41) is 12.2. The van der Waals surface area contributed by atoms with Gasteiger partial charge in [-0.25, -0.2) is 0 Å². The molecule has 1 unspecified atom stereocenters. The fourth-order valence-corrected chi connectivity index (χ4v) is 3.00. The van der Waals surface area contributed by atoms with Crippen LogP contribution in [0.1, 0.15) is 26.2 Å². The van der Waals surface area contributed by atoms with E-state index in [-0.39, 0.29) is 11.8 Å². The van der Waals surface area contributed by atoms with E-state index in [0.29, 0.717) is 38.5 Å². The Kier molecular flexibility index (Phi) is 7.23. The fourth-order valence-electron chi connectivity index (χ4n) is 2.24. The molecule has 0 aliphatic carbocycles. The van der Waals surface area contributed by atoms with Crippen LogP contribution in [0, 0.1) is 5.92 Å². The number of hydrogen-bond donors (Lipinski definition) is 2. The highest BCUT2D eigenvalue weighted by atomic mass is 32.2. The molecule has 0 bridgehead atoms. The summed E-state index contributed by atoms with van der Waals surface area (Å²) in [5.74, 6) is 0.0711. The molecule has 0 aromatic rings. The first-order valence-corrected chi connectivity index (χ1v) is 8.20. The average Bonchev–Trinajstić information content (AvgIpc) is 2.43. The van der Waals surface area contributed by atoms with Crippen LogP contribution in [0.3, 0.4) is 0 Å². The van der Waals surface area contributed by atoms with E-state index in [2.05, 4.69) is 18.5 Å². The Bertz CT molecular complexity index is 304. The zero-order chi connectivity index (χ0) is 14.3. The predicted octanol–water partition coefficient (Wildman–Crippen LogP) is 1.04. The Morgan fingerprint density at radius 2 is 2.05 bits per heavy atom. The monoisotopic (exact) mass is 288 g/mol. The molecule has 0 aromatic heterocycles. The maximum Gasteiger partial charge on any atom is 0.306 e. The zero-order valence-corrected chi connectivity index (χ0v) is 12.5. The minimum absolute atomic E-state index is 0.0865. The van der Waals surface area contributed by atoms with Crippen LogP contribution in [-0.2, 0) is 9.59 Å². The molecular formula is C13H24N2O3S. The number of thioether (sulfide) groups is 1. The van der Waals surface area contributed by atoms with Crippen LogP contribution in [0.4, 0.5) is 0 Å². The van der Waals surface area contributed by atoms with Gasteiger partial charge in [-0.3, -0.25) is 9.59 Å². The molecule has 1 atom stereocenters. The van der Waals surface area contributed by atoms with Crippen LogP contribution in [-0.4, -0.2) is 59.6 Å². The Morgan fingerprint density at radius 3 is 2.53 bits per heavy atom. The Hall–Kier alpha value is -0.750. The van der Waals surface area contributed by atoms with Crippen molar-refractivity contribution >= 4 is 23.6 Å². The summed E-state index contributed by atoms with van der Waals surface area (Å²) in [6.07, 6.45) is 4.21. The summed E-state index contributed by atoms with van der Waals surface area (Å²) >= 11 is 1.77. The van der Waals surface area contributed by atoms with E-state index in [4.69, 9.17) is 5.11 Å². The van der Waals surface area contributed by atoms with E-state index >= 15 is 0 Å². The van der Waals surface area contributed by atoms with Crippen LogP contribution >= 0.6 is 11.8 Å². The van der Waals surface area contributed by atoms with Gasteiger partial charge in [0.1, 0.15) is 0 Å². The highest BCUT2D eigenvalue weighted by Crippen LogP contribution is 2.17. The highest BCUT2D eigenvalue weighted by Gasteiger charge is 2.26. The standard InChI is InChI=1S/C13H24N2O3S/c1-3-11(9-19-2)14-8-12(16)15-6-4-10(5-7-15)13(17)18/h10-11,14H,3-9H2,1-2H3,(H,17,18). The lowest BCUT2D eigenvalue weighted by Gasteiger charge is -2.30. The zero-order valence-electron chi connectivity index (χ0n) is 11.7. The van der Waals surface area contributed by atoms with Gasteiger partial charge in [0.25, 0.3) is 0 Å². The van der Waals surface area contributed by atoms with Crippen LogP contribution in [0.2, 0.25) is 0 Å². The lowest BCUT2D eigenvalue weighted by atomic mass is 9.97. The predicted molar refractivity (Wildman–Crippen MR) is 77.4 cm³/mol. The number of likely N-dealkylation sites (tertiary alicyclic amines) is 1. The summed E-state index contributed by atoms with van der Waals surface area (Å²) in [7, 11) is 0. The van der Waals surface area contributed by atoms with Crippen molar-refractivity contribution in [3.63, 3.8) is 0 Å². The molecule has 1 aliphatic heterocycles. The number of carboxylic acid groups (broad SMARTS) is 1. The van der Waals surface area contributed by atoms with Gasteiger partial charge >= 0.3 is 5.97 Å². The molecule has 2 N–H and O–H groups in total. The number of amides is 1. The molecule has 0 aromatic carbocycles. The van der Waals surface area contributed by atoms with Crippen molar-refractivity contribution in [1.29, 1.82) is 0 Å². The van der Waals surface area contributed by atoms with Crippen molar-refractivity contribution in [3.8, 4) is 0 Å². The molecule has 6 heteroatoms. The lowest BCUT2D eigenvalue weighted by molar-refractivity contribution is -0.145. The van der Waals surface area contributed by atoms with Gasteiger partial charge < -0.3 is 15.3 Å². The quantitative estimate of drug-likeness (QED) is 0.732. The first kappa shape index (κ1) is 16.3. The van der Waals surface area contributed by atoms with Crippen LogP contribution in [0.25, 0.3) is 0 Å². The Labute approximate surface area is 119 Å². The molecule has 0 radical (unpaired) electrons. The maximum absolute atomic E-state index is 12.0. The fraction of sp³-hybridized carbons (Fsp3) is 0.846. The van der Waals surface area contributed by atoms with Crippen molar-refractivity contribution < 1.29 is 14.7 Å². The molecular weight excluding hydrogens is 264 g/mol. The van der Waals surface area contributed by atoms with Gasteiger partial charge in [0.05, 0.1) is 12.5 Å². The van der Waals surface area contributed by atoms with Crippen LogP contribution in [0.15, 0.2) is 0 Å². The second kappa shape index (κ2) is 8.43. The average molecular weight is 288 g/mol. The van der Waals surface area contributed by atoms with E-state index in [1.807, 2.05) is 0 Å². The van der Waals surface area contributed by atoms with Crippen LogP contribution in [0.5, 0.6) is 0 Å². The largest absolute Gasteiger partial charge is 0.481 e. The van der Waals surface area contributed by atoms with E-state index in [9.17, 15) is 9.59 Å². The number of hydrogen-bond acceptors (Lipinski definition) is 4. The van der Waals surface area contributed by atoms with Crippen molar-refractivity contribution in [1.82, 2.24) is 10.2 Å². The second-order valence-corrected chi connectivity index (χ2v) is 5.85. The molecule has 0 spiro atoms. The number of carbonyl (C=O) groups excluding carboxylic acids is 1. The van der Waals surface area contributed by atoms with Crippen molar-refractivity contribution in [2.45, 2.75) is 32.2 Å². The molecule has 1 amide bonds. The second-order valence-electron chi connectivity index (χ2n) is 4.93. The molecule has 0 saturated carbocycles. The number of carbonyl (C=O) groups is 2. The minimum atomic E-state index is -0.740. The number of carboxylic acids is 1. The SMILES string of the molecule is CCC(CSC)NCC(=O)N1CCC(C(=O)O)CC1. The normalized spacial score (nSPS) is 18.3. The third-order valence-corrected chi connectivity index (χ3v) is 4.34. The van der Waals surface area contributed by atoms with E-state index < -0.39 is 5.97 Å². The number of nitrogens with one attached hydrogen (secondary N) is 1. The molecule has 1 rings (SSSR count). The Morgan fingerprint density at radius 1 is 1.42 bits per heavy atom. The molecule has 1 aliphatic rings. The third kappa shape index (κ3) is 5.40. The lowest BCUT2D eigenvalue weighted by Crippen LogP contribution is -2.46. The third-order valence-electron chi connectivity index (χ3n) is 3.60. The summed E-state index contributed by atoms with van der Waals surface area (Å²) in [4.78, 5) is 24.6. The number of piperidine rings is 1. The van der Waals surface area contributed by atoms with Gasteiger partial charge in [0, 0.05) is 24.9 Å². The van der Waals surface area contributed by atoms with Gasteiger partial charge in [-0.2, -0.15) is 11.8 Å². The van der Waals surface area contributed by atoms with E-state index in [1.165, 1.54) is 0 Å². The first-order valence-electron chi connectivity index (χ1n) is 6.81. The molecule has 1 saturated heterocycles. The topological polar surface area (TPSA) is 69.6 Å². The number of nitrogens with zero attached hydrogens (tertiary/aromatic N) is 1. The van der Waals surface area contributed by atoms with Gasteiger partial charge in [0.15, 0.2) is 0 Å². The molecule has 5 nitrogen and oxygen atoms in total. The van der Waals surface area contributed by atoms with Crippen molar-refractivity contribution in [2.24, 2.45) is 5.92 Å². The smallest absolute Gasteiger partial charge is 0.306 e. The van der Waals surface area contributed by atoms with E-state index in [1.54, 1.807) is 16.7 Å². The first-order chi connectivity index (χ1) is 9.08. The molecule has 1 fully saturated rings. The van der Waals surface area contributed by atoms with Crippen molar-refractivity contribution in [3.05, 3.63) is 0 Å². The van der Waals surface area contributed by atoms with E-state index in [0.717, 1.165) is 12.2 Å². The summed E-state index contributed by atoms with van der Waals surface area (Å²) in [6, 6.07) is 0.371. The van der Waals surface area contributed by atoms with Gasteiger partial charge in [0.2, 0.25) is 5.91 Å². The summed E-state index contributed by atoms with van der Waals surface area (Å²) < 4.78 is 0. The number of rotatable bonds is 7. The van der Waals surface area contributed by atoms with Gasteiger partial charge in [-0.1, -0.05) is 6.92 Å². The van der Waals surface area contributed by atoms with Gasteiger partial charge in [-0.05, 0) is 25.5 Å². The van der Waals surface area contributed by atoms with Crippen molar-refractivity contribution in [2.75, 3.05) is 31.6 Å². The Balaban J connectivity index is 2.29. The van der Waals surface area contributed by atoms with Gasteiger partial charge in [-0.15, -0.1) is 0 Å². The summed E-state index contributed by atoms with van der Waals surface area (Å²) in [5.41, 5.74) is 0.